The van der Waals surface area contributed by atoms with Gasteiger partial charge in [-0.25, -0.2) is 0 Å². The molecule has 148 valence electrons. The standard InChI is InChI=1S/C24H25N3O2/c1-2-15-26(18-21-7-5-20(17-25)6-8-21)23(28)14-11-19-9-12-22(13-10-19)27-16-3-4-24(27)29/h5-14H,2-4,15-16,18H2,1H3/b14-11+. The molecule has 5 nitrogen and oxygen atoms in total. The van der Waals surface area contributed by atoms with Gasteiger partial charge in [-0.3, -0.25) is 9.59 Å². The van der Waals surface area contributed by atoms with Crippen LogP contribution in [0, 0.1) is 11.3 Å². The van der Waals surface area contributed by atoms with Crippen molar-refractivity contribution in [2.45, 2.75) is 32.7 Å². The number of carbonyl (C=O) groups excluding carboxylic acids is 2. The van der Waals surface area contributed by atoms with E-state index in [-0.39, 0.29) is 11.8 Å². The van der Waals surface area contributed by atoms with Gasteiger partial charge in [-0.2, -0.15) is 5.26 Å². The minimum Gasteiger partial charge on any atom is -0.335 e. The monoisotopic (exact) mass is 387 g/mol. The van der Waals surface area contributed by atoms with Crippen LogP contribution in [0.1, 0.15) is 42.9 Å². The highest BCUT2D eigenvalue weighted by Gasteiger charge is 2.21. The highest BCUT2D eigenvalue weighted by molar-refractivity contribution is 5.95. The average molecular weight is 387 g/mol. The lowest BCUT2D eigenvalue weighted by atomic mass is 10.1. The third kappa shape index (κ3) is 5.32. The molecular formula is C24H25N3O2. The van der Waals surface area contributed by atoms with Gasteiger partial charge in [0.1, 0.15) is 0 Å². The summed E-state index contributed by atoms with van der Waals surface area (Å²) in [7, 11) is 0. The van der Waals surface area contributed by atoms with Crippen molar-refractivity contribution in [1.29, 1.82) is 5.26 Å². The third-order valence-electron chi connectivity index (χ3n) is 4.96. The van der Waals surface area contributed by atoms with Gasteiger partial charge in [0, 0.05) is 37.8 Å². The number of nitrogens with zero attached hydrogens (tertiary/aromatic N) is 3. The summed E-state index contributed by atoms with van der Waals surface area (Å²) in [4.78, 5) is 28.1. The summed E-state index contributed by atoms with van der Waals surface area (Å²) in [6.07, 6.45) is 5.78. The van der Waals surface area contributed by atoms with Crippen LogP contribution in [0.5, 0.6) is 0 Å². The summed E-state index contributed by atoms with van der Waals surface area (Å²) in [6, 6.07) is 17.1. The molecule has 29 heavy (non-hydrogen) atoms. The van der Waals surface area contributed by atoms with Crippen molar-refractivity contribution in [3.05, 3.63) is 71.3 Å². The van der Waals surface area contributed by atoms with Crippen molar-refractivity contribution in [2.75, 3.05) is 18.0 Å². The van der Waals surface area contributed by atoms with Gasteiger partial charge in [0.25, 0.3) is 0 Å². The Morgan fingerprint density at radius 1 is 1.17 bits per heavy atom. The molecule has 0 saturated carbocycles. The Labute approximate surface area is 171 Å². The molecule has 0 spiro atoms. The third-order valence-corrected chi connectivity index (χ3v) is 4.96. The summed E-state index contributed by atoms with van der Waals surface area (Å²) in [5, 5.41) is 8.91. The van der Waals surface area contributed by atoms with E-state index < -0.39 is 0 Å². The van der Waals surface area contributed by atoms with Crippen LogP contribution >= 0.6 is 0 Å². The fourth-order valence-electron chi connectivity index (χ4n) is 3.40. The normalized spacial score (nSPS) is 13.7. The summed E-state index contributed by atoms with van der Waals surface area (Å²) < 4.78 is 0. The maximum Gasteiger partial charge on any atom is 0.246 e. The lowest BCUT2D eigenvalue weighted by molar-refractivity contribution is -0.126. The van der Waals surface area contributed by atoms with Gasteiger partial charge >= 0.3 is 0 Å². The molecule has 2 aromatic rings. The Bertz CT molecular complexity index is 924. The number of rotatable bonds is 7. The summed E-state index contributed by atoms with van der Waals surface area (Å²) in [5.74, 6) is 0.122. The van der Waals surface area contributed by atoms with Crippen molar-refractivity contribution >= 4 is 23.6 Å². The van der Waals surface area contributed by atoms with Crippen LogP contribution in [0.4, 0.5) is 5.69 Å². The van der Waals surface area contributed by atoms with Crippen LogP contribution in [-0.4, -0.2) is 29.8 Å². The van der Waals surface area contributed by atoms with E-state index in [0.717, 1.165) is 36.2 Å². The van der Waals surface area contributed by atoms with E-state index in [2.05, 4.69) is 6.07 Å². The molecule has 1 fully saturated rings. The molecule has 2 amide bonds. The Hall–Kier alpha value is -3.39. The predicted molar refractivity (Wildman–Crippen MR) is 114 cm³/mol. The van der Waals surface area contributed by atoms with Crippen LogP contribution in [0.15, 0.2) is 54.6 Å². The van der Waals surface area contributed by atoms with Gasteiger partial charge in [-0.05, 0) is 54.3 Å². The van der Waals surface area contributed by atoms with E-state index in [9.17, 15) is 9.59 Å². The molecule has 0 N–H and O–H groups in total. The van der Waals surface area contributed by atoms with Gasteiger partial charge in [0.15, 0.2) is 0 Å². The summed E-state index contributed by atoms with van der Waals surface area (Å²) >= 11 is 0. The fraction of sp³-hybridized carbons (Fsp3) is 0.292. The maximum absolute atomic E-state index is 12.7. The Morgan fingerprint density at radius 2 is 1.90 bits per heavy atom. The SMILES string of the molecule is CCCN(Cc1ccc(C#N)cc1)C(=O)/C=C/c1ccc(N2CCCC2=O)cc1. The predicted octanol–water partition coefficient (Wildman–Crippen LogP) is 4.14. The topological polar surface area (TPSA) is 64.4 Å². The number of anilines is 1. The quantitative estimate of drug-likeness (QED) is 0.671. The van der Waals surface area contributed by atoms with Crippen LogP contribution in [0.3, 0.4) is 0 Å². The Morgan fingerprint density at radius 3 is 2.48 bits per heavy atom. The first-order valence-electron chi connectivity index (χ1n) is 9.97. The smallest absolute Gasteiger partial charge is 0.246 e. The average Bonchev–Trinajstić information content (AvgIpc) is 3.18. The highest BCUT2D eigenvalue weighted by Crippen LogP contribution is 2.22. The van der Waals surface area contributed by atoms with Gasteiger partial charge < -0.3 is 9.80 Å². The van der Waals surface area contributed by atoms with Gasteiger partial charge in [-0.15, -0.1) is 0 Å². The number of nitriles is 1. The van der Waals surface area contributed by atoms with E-state index >= 15 is 0 Å². The maximum atomic E-state index is 12.7. The molecule has 5 heteroatoms. The minimum atomic E-state index is -0.0463. The first-order chi connectivity index (χ1) is 14.1. The number of hydrogen-bond donors (Lipinski definition) is 0. The zero-order chi connectivity index (χ0) is 20.6. The van der Waals surface area contributed by atoms with E-state index in [4.69, 9.17) is 5.26 Å². The molecular weight excluding hydrogens is 362 g/mol. The number of amides is 2. The molecule has 1 heterocycles. The van der Waals surface area contributed by atoms with Gasteiger partial charge in [0.05, 0.1) is 11.6 Å². The molecule has 0 aromatic heterocycles. The fourth-order valence-corrected chi connectivity index (χ4v) is 3.40. The zero-order valence-electron chi connectivity index (χ0n) is 16.7. The van der Waals surface area contributed by atoms with Crippen molar-refractivity contribution in [3.63, 3.8) is 0 Å². The lowest BCUT2D eigenvalue weighted by Gasteiger charge is -2.20. The van der Waals surface area contributed by atoms with E-state index in [0.29, 0.717) is 25.1 Å². The molecule has 2 aromatic carbocycles. The number of carbonyl (C=O) groups is 2. The molecule has 0 atom stereocenters. The number of benzene rings is 2. The van der Waals surface area contributed by atoms with Crippen LogP contribution < -0.4 is 4.90 Å². The Kier molecular flexibility index (Phi) is 6.80. The van der Waals surface area contributed by atoms with Crippen LogP contribution in [0.2, 0.25) is 0 Å². The second kappa shape index (κ2) is 9.70. The zero-order valence-corrected chi connectivity index (χ0v) is 16.7. The first kappa shape index (κ1) is 20.3. The molecule has 0 bridgehead atoms. The molecule has 0 aliphatic carbocycles. The largest absolute Gasteiger partial charge is 0.335 e. The van der Waals surface area contributed by atoms with Crippen molar-refractivity contribution in [1.82, 2.24) is 4.90 Å². The summed E-state index contributed by atoms with van der Waals surface area (Å²) in [6.45, 7) is 3.99. The van der Waals surface area contributed by atoms with Crippen LogP contribution in [0.25, 0.3) is 6.08 Å². The van der Waals surface area contributed by atoms with Crippen molar-refractivity contribution in [2.24, 2.45) is 0 Å². The second-order valence-electron chi connectivity index (χ2n) is 7.14. The van der Waals surface area contributed by atoms with Crippen LogP contribution in [-0.2, 0) is 16.1 Å². The number of hydrogen-bond acceptors (Lipinski definition) is 3. The van der Waals surface area contributed by atoms with E-state index in [1.165, 1.54) is 0 Å². The lowest BCUT2D eigenvalue weighted by Crippen LogP contribution is -2.29. The second-order valence-corrected chi connectivity index (χ2v) is 7.14. The minimum absolute atomic E-state index is 0.0463. The molecule has 3 rings (SSSR count). The molecule has 0 unspecified atom stereocenters. The Balaban J connectivity index is 1.64. The summed E-state index contributed by atoms with van der Waals surface area (Å²) in [5.41, 5.74) is 3.44. The molecule has 1 aliphatic rings. The van der Waals surface area contributed by atoms with Gasteiger partial charge in [0.2, 0.25) is 11.8 Å². The van der Waals surface area contributed by atoms with Gasteiger partial charge in [-0.1, -0.05) is 31.2 Å². The van der Waals surface area contributed by atoms with Crippen molar-refractivity contribution in [3.8, 4) is 6.07 Å². The van der Waals surface area contributed by atoms with E-state index in [1.807, 2.05) is 43.3 Å². The van der Waals surface area contributed by atoms with Crippen molar-refractivity contribution < 1.29 is 9.59 Å². The first-order valence-corrected chi connectivity index (χ1v) is 9.97. The molecule has 1 aliphatic heterocycles. The highest BCUT2D eigenvalue weighted by atomic mass is 16.2. The molecule has 0 radical (unpaired) electrons. The van der Waals surface area contributed by atoms with E-state index in [1.54, 1.807) is 34.1 Å². The molecule has 1 saturated heterocycles.